The predicted molar refractivity (Wildman–Crippen MR) is 49.5 cm³/mol. The Kier molecular flexibility index (Phi) is 2.99. The molecule has 0 saturated carbocycles. The molecule has 0 radical (unpaired) electrons. The second-order valence-corrected chi connectivity index (χ2v) is 2.84. The number of nitrogens with zero attached hydrogens (tertiary/aromatic N) is 1. The highest BCUT2D eigenvalue weighted by Gasteiger charge is 2.14. The van der Waals surface area contributed by atoms with Gasteiger partial charge in [-0.2, -0.15) is 0 Å². The molecule has 0 bridgehead atoms. The maximum atomic E-state index is 11.4. The summed E-state index contributed by atoms with van der Waals surface area (Å²) in [6.45, 7) is 0.247. The quantitative estimate of drug-likeness (QED) is 0.676. The van der Waals surface area contributed by atoms with Gasteiger partial charge in [0.25, 0.3) is 5.91 Å². The lowest BCUT2D eigenvalue weighted by molar-refractivity contribution is 0.0781. The highest BCUT2D eigenvalue weighted by atomic mass is 35.5. The molecule has 0 aliphatic carbocycles. The van der Waals surface area contributed by atoms with Gasteiger partial charge in [-0.15, -0.1) is 6.42 Å². The van der Waals surface area contributed by atoms with Crippen LogP contribution in [0.5, 0.6) is 0 Å². The van der Waals surface area contributed by atoms with Gasteiger partial charge in [0.1, 0.15) is 0 Å². The summed E-state index contributed by atoms with van der Waals surface area (Å²) in [4.78, 5) is 12.8. The zero-order valence-corrected chi connectivity index (χ0v) is 7.84. The van der Waals surface area contributed by atoms with Crippen LogP contribution >= 0.6 is 11.6 Å². The Morgan fingerprint density at radius 1 is 1.77 bits per heavy atom. The van der Waals surface area contributed by atoms with E-state index in [-0.39, 0.29) is 23.4 Å². The third-order valence-electron chi connectivity index (χ3n) is 1.46. The van der Waals surface area contributed by atoms with E-state index in [1.807, 2.05) is 0 Å². The summed E-state index contributed by atoms with van der Waals surface area (Å²) < 4.78 is 4.92. The van der Waals surface area contributed by atoms with Crippen molar-refractivity contribution in [2.75, 3.05) is 13.6 Å². The van der Waals surface area contributed by atoms with Crippen LogP contribution in [-0.2, 0) is 0 Å². The van der Waals surface area contributed by atoms with E-state index >= 15 is 0 Å². The molecule has 0 unspecified atom stereocenters. The van der Waals surface area contributed by atoms with Crippen LogP contribution in [0.25, 0.3) is 0 Å². The van der Waals surface area contributed by atoms with Gasteiger partial charge in [0.05, 0.1) is 6.54 Å². The minimum absolute atomic E-state index is 0.192. The van der Waals surface area contributed by atoms with E-state index < -0.39 is 0 Å². The minimum atomic E-state index is -0.273. The number of halogens is 1. The molecule has 0 spiro atoms. The molecule has 3 nitrogen and oxygen atoms in total. The molecule has 4 heteroatoms. The zero-order valence-electron chi connectivity index (χ0n) is 7.08. The van der Waals surface area contributed by atoms with Gasteiger partial charge in [-0.1, -0.05) is 5.92 Å². The smallest absolute Gasteiger partial charge is 0.290 e. The molecule has 0 aromatic carbocycles. The molecule has 0 atom stereocenters. The van der Waals surface area contributed by atoms with Crippen LogP contribution in [0.15, 0.2) is 16.5 Å². The van der Waals surface area contributed by atoms with Gasteiger partial charge >= 0.3 is 0 Å². The zero-order chi connectivity index (χ0) is 9.84. The number of amides is 1. The topological polar surface area (TPSA) is 33.5 Å². The third kappa shape index (κ3) is 2.27. The maximum Gasteiger partial charge on any atom is 0.290 e. The van der Waals surface area contributed by atoms with Crippen LogP contribution in [0.3, 0.4) is 0 Å². The number of carbonyl (C=O) groups is 1. The monoisotopic (exact) mass is 197 g/mol. The Balaban J connectivity index is 2.74. The fourth-order valence-corrected chi connectivity index (χ4v) is 0.972. The van der Waals surface area contributed by atoms with Crippen molar-refractivity contribution in [2.45, 2.75) is 0 Å². The molecule has 1 heterocycles. The summed E-state index contributed by atoms with van der Waals surface area (Å²) in [6.07, 6.45) is 5.05. The van der Waals surface area contributed by atoms with Crippen molar-refractivity contribution in [3.05, 3.63) is 23.1 Å². The number of rotatable bonds is 2. The molecule has 68 valence electrons. The van der Waals surface area contributed by atoms with Crippen molar-refractivity contribution >= 4 is 17.5 Å². The molecule has 0 N–H and O–H groups in total. The maximum absolute atomic E-state index is 11.4. The molecule has 0 fully saturated rings. The first-order valence-corrected chi connectivity index (χ1v) is 3.97. The van der Waals surface area contributed by atoms with E-state index in [4.69, 9.17) is 22.4 Å². The summed E-state index contributed by atoms with van der Waals surface area (Å²) in [6, 6.07) is 3.02. The summed E-state index contributed by atoms with van der Waals surface area (Å²) in [5, 5.41) is 0.192. The molecule has 13 heavy (non-hydrogen) atoms. The lowest BCUT2D eigenvalue weighted by Gasteiger charge is -2.10. The Morgan fingerprint density at radius 2 is 2.46 bits per heavy atom. The van der Waals surface area contributed by atoms with Gasteiger partial charge in [0.15, 0.2) is 11.0 Å². The Morgan fingerprint density at radius 3 is 2.92 bits per heavy atom. The van der Waals surface area contributed by atoms with Gasteiger partial charge in [0.2, 0.25) is 0 Å². The minimum Gasteiger partial charge on any atom is -0.440 e. The molecule has 0 aliphatic rings. The number of furan rings is 1. The van der Waals surface area contributed by atoms with E-state index in [1.165, 1.54) is 17.0 Å². The summed E-state index contributed by atoms with van der Waals surface area (Å²) in [7, 11) is 1.60. The molecular formula is C9H8ClNO2. The first kappa shape index (κ1) is 9.69. The molecule has 1 aromatic heterocycles. The first-order chi connectivity index (χ1) is 6.15. The fraction of sp³-hybridized carbons (Fsp3) is 0.222. The van der Waals surface area contributed by atoms with Crippen LogP contribution < -0.4 is 0 Å². The number of carbonyl (C=O) groups excluding carboxylic acids is 1. The number of hydrogen-bond acceptors (Lipinski definition) is 2. The fourth-order valence-electron chi connectivity index (χ4n) is 0.826. The van der Waals surface area contributed by atoms with E-state index in [0.717, 1.165) is 0 Å². The molecule has 1 aromatic rings. The second kappa shape index (κ2) is 4.01. The SMILES string of the molecule is C#CCN(C)C(=O)c1ccc(Cl)o1. The van der Waals surface area contributed by atoms with Crippen LogP contribution in [-0.4, -0.2) is 24.4 Å². The Hall–Kier alpha value is -1.40. The lowest BCUT2D eigenvalue weighted by Crippen LogP contribution is -2.26. The van der Waals surface area contributed by atoms with E-state index in [0.29, 0.717) is 0 Å². The van der Waals surface area contributed by atoms with Crippen molar-refractivity contribution in [3.8, 4) is 12.3 Å². The molecule has 1 rings (SSSR count). The van der Waals surface area contributed by atoms with Gasteiger partial charge in [0, 0.05) is 7.05 Å². The molecule has 1 amide bonds. The standard InChI is InChI=1S/C9H8ClNO2/c1-3-6-11(2)9(12)7-4-5-8(10)13-7/h1,4-5H,6H2,2H3. The van der Waals surface area contributed by atoms with Gasteiger partial charge < -0.3 is 9.32 Å². The van der Waals surface area contributed by atoms with Crippen molar-refractivity contribution < 1.29 is 9.21 Å². The number of hydrogen-bond donors (Lipinski definition) is 0. The average Bonchev–Trinajstić information content (AvgIpc) is 2.51. The summed E-state index contributed by atoms with van der Waals surface area (Å²) in [5.41, 5.74) is 0. The predicted octanol–water partition coefficient (Wildman–Crippen LogP) is 1.64. The summed E-state index contributed by atoms with van der Waals surface area (Å²) in [5.74, 6) is 2.28. The van der Waals surface area contributed by atoms with Crippen molar-refractivity contribution in [2.24, 2.45) is 0 Å². The van der Waals surface area contributed by atoms with E-state index in [9.17, 15) is 4.79 Å². The van der Waals surface area contributed by atoms with E-state index in [2.05, 4.69) is 5.92 Å². The molecule has 0 aliphatic heterocycles. The van der Waals surface area contributed by atoms with E-state index in [1.54, 1.807) is 7.05 Å². The van der Waals surface area contributed by atoms with Crippen molar-refractivity contribution in [1.29, 1.82) is 0 Å². The van der Waals surface area contributed by atoms with Gasteiger partial charge in [-0.05, 0) is 23.7 Å². The molecule has 0 saturated heterocycles. The van der Waals surface area contributed by atoms with Crippen LogP contribution in [0.4, 0.5) is 0 Å². The largest absolute Gasteiger partial charge is 0.440 e. The normalized spacial score (nSPS) is 9.31. The summed E-state index contributed by atoms with van der Waals surface area (Å²) >= 11 is 5.51. The number of terminal acetylenes is 1. The van der Waals surface area contributed by atoms with Gasteiger partial charge in [-0.25, -0.2) is 0 Å². The second-order valence-electron chi connectivity index (χ2n) is 2.47. The van der Waals surface area contributed by atoms with Crippen LogP contribution in [0, 0.1) is 12.3 Å². The van der Waals surface area contributed by atoms with Gasteiger partial charge in [-0.3, -0.25) is 4.79 Å². The van der Waals surface area contributed by atoms with Crippen molar-refractivity contribution in [1.82, 2.24) is 4.90 Å². The Bertz CT molecular complexity index is 351. The first-order valence-electron chi connectivity index (χ1n) is 3.59. The van der Waals surface area contributed by atoms with Crippen LogP contribution in [0.2, 0.25) is 5.22 Å². The third-order valence-corrected chi connectivity index (χ3v) is 1.66. The molecular weight excluding hydrogens is 190 g/mol. The van der Waals surface area contributed by atoms with Crippen molar-refractivity contribution in [3.63, 3.8) is 0 Å². The van der Waals surface area contributed by atoms with Crippen LogP contribution in [0.1, 0.15) is 10.6 Å². The highest BCUT2D eigenvalue weighted by molar-refractivity contribution is 6.29. The Labute approximate surface area is 81.3 Å². The lowest BCUT2D eigenvalue weighted by atomic mass is 10.4. The highest BCUT2D eigenvalue weighted by Crippen LogP contribution is 2.14. The average molecular weight is 198 g/mol.